The predicted octanol–water partition coefficient (Wildman–Crippen LogP) is 5.72. The third kappa shape index (κ3) is 4.17. The van der Waals surface area contributed by atoms with Crippen molar-refractivity contribution in [2.75, 3.05) is 5.32 Å². The van der Waals surface area contributed by atoms with Gasteiger partial charge in [0.1, 0.15) is 6.54 Å². The molecular weight excluding hydrogens is 376 g/mol. The molecular formula is C24H24N4O2. The molecule has 0 saturated carbocycles. The second-order valence-electron chi connectivity index (χ2n) is 8.09. The number of nitrogens with one attached hydrogen (secondary N) is 1. The predicted molar refractivity (Wildman–Crippen MR) is 118 cm³/mol. The Balaban J connectivity index is 1.57. The third-order valence-electron chi connectivity index (χ3n) is 4.88. The standard InChI is InChI=1S/C24H24N4O2/c1-24(2,3)28(16-21-26-22(27-30-21)18-11-5-4-6-12-18)23(29)25-20-15-9-13-17-10-7-8-14-19(17)20/h4-15H,16H2,1-3H3,(H,25,29). The molecule has 3 aromatic carbocycles. The van der Waals surface area contributed by atoms with Crippen molar-refractivity contribution in [1.29, 1.82) is 0 Å². The summed E-state index contributed by atoms with van der Waals surface area (Å²) in [6, 6.07) is 23.2. The van der Waals surface area contributed by atoms with E-state index in [1.165, 1.54) is 0 Å². The third-order valence-corrected chi connectivity index (χ3v) is 4.88. The van der Waals surface area contributed by atoms with Gasteiger partial charge in [0.2, 0.25) is 11.7 Å². The van der Waals surface area contributed by atoms with E-state index in [1.54, 1.807) is 4.90 Å². The van der Waals surface area contributed by atoms with E-state index in [9.17, 15) is 4.79 Å². The largest absolute Gasteiger partial charge is 0.337 e. The first kappa shape index (κ1) is 19.6. The summed E-state index contributed by atoms with van der Waals surface area (Å²) < 4.78 is 5.43. The summed E-state index contributed by atoms with van der Waals surface area (Å²) in [7, 11) is 0. The molecule has 0 bridgehead atoms. The van der Waals surface area contributed by atoms with Gasteiger partial charge < -0.3 is 14.7 Å². The Morgan fingerprint density at radius 1 is 0.967 bits per heavy atom. The van der Waals surface area contributed by atoms with Crippen molar-refractivity contribution in [2.24, 2.45) is 0 Å². The average Bonchev–Trinajstić information content (AvgIpc) is 3.21. The molecule has 152 valence electrons. The van der Waals surface area contributed by atoms with Crippen LogP contribution in [0.2, 0.25) is 0 Å². The number of fused-ring (bicyclic) bond motifs is 1. The minimum atomic E-state index is -0.448. The fraction of sp³-hybridized carbons (Fsp3) is 0.208. The molecule has 0 fully saturated rings. The number of hydrogen-bond acceptors (Lipinski definition) is 4. The minimum absolute atomic E-state index is 0.208. The van der Waals surface area contributed by atoms with Crippen LogP contribution in [0.5, 0.6) is 0 Å². The lowest BCUT2D eigenvalue weighted by Crippen LogP contribution is -2.47. The van der Waals surface area contributed by atoms with E-state index in [-0.39, 0.29) is 12.6 Å². The van der Waals surface area contributed by atoms with Crippen molar-refractivity contribution in [2.45, 2.75) is 32.9 Å². The molecule has 1 heterocycles. The molecule has 30 heavy (non-hydrogen) atoms. The van der Waals surface area contributed by atoms with Gasteiger partial charge in [0.05, 0.1) is 5.69 Å². The molecule has 0 aliphatic carbocycles. The van der Waals surface area contributed by atoms with Gasteiger partial charge >= 0.3 is 6.03 Å². The van der Waals surface area contributed by atoms with Crippen LogP contribution in [0.1, 0.15) is 26.7 Å². The zero-order chi connectivity index (χ0) is 21.1. The highest BCUT2D eigenvalue weighted by molar-refractivity contribution is 6.01. The molecule has 6 nitrogen and oxygen atoms in total. The molecule has 0 radical (unpaired) electrons. The summed E-state index contributed by atoms with van der Waals surface area (Å²) in [5, 5.41) is 9.17. The van der Waals surface area contributed by atoms with Crippen LogP contribution in [-0.2, 0) is 6.54 Å². The van der Waals surface area contributed by atoms with Crippen LogP contribution >= 0.6 is 0 Å². The lowest BCUT2D eigenvalue weighted by molar-refractivity contribution is 0.140. The van der Waals surface area contributed by atoms with Gasteiger partial charge in [-0.15, -0.1) is 0 Å². The fourth-order valence-corrected chi connectivity index (χ4v) is 3.29. The lowest BCUT2D eigenvalue weighted by atomic mass is 10.1. The van der Waals surface area contributed by atoms with Gasteiger partial charge in [0.25, 0.3) is 0 Å². The summed E-state index contributed by atoms with van der Waals surface area (Å²) >= 11 is 0. The van der Waals surface area contributed by atoms with E-state index in [0.717, 1.165) is 22.0 Å². The Morgan fingerprint density at radius 2 is 1.67 bits per heavy atom. The van der Waals surface area contributed by atoms with Crippen molar-refractivity contribution < 1.29 is 9.32 Å². The quantitative estimate of drug-likeness (QED) is 0.475. The first-order valence-electron chi connectivity index (χ1n) is 9.86. The maximum Gasteiger partial charge on any atom is 0.322 e. The van der Waals surface area contributed by atoms with Crippen molar-refractivity contribution in [1.82, 2.24) is 15.0 Å². The Bertz CT molecular complexity index is 1160. The topological polar surface area (TPSA) is 71.3 Å². The Kier molecular flexibility index (Phi) is 5.23. The summed E-state index contributed by atoms with van der Waals surface area (Å²) in [6.07, 6.45) is 0. The number of carbonyl (C=O) groups is 1. The van der Waals surface area contributed by atoms with E-state index in [2.05, 4.69) is 15.5 Å². The number of anilines is 1. The van der Waals surface area contributed by atoms with Gasteiger partial charge in [0.15, 0.2) is 0 Å². The van der Waals surface area contributed by atoms with E-state index in [4.69, 9.17) is 4.52 Å². The van der Waals surface area contributed by atoms with E-state index in [1.807, 2.05) is 93.6 Å². The molecule has 4 aromatic rings. The smallest absolute Gasteiger partial charge is 0.322 e. The van der Waals surface area contributed by atoms with Crippen LogP contribution < -0.4 is 5.32 Å². The first-order valence-corrected chi connectivity index (χ1v) is 9.86. The molecule has 1 N–H and O–H groups in total. The van der Waals surface area contributed by atoms with Crippen LogP contribution in [0.15, 0.2) is 77.3 Å². The Hall–Kier alpha value is -3.67. The highest BCUT2D eigenvalue weighted by atomic mass is 16.5. The normalized spacial score (nSPS) is 11.4. The first-order chi connectivity index (χ1) is 14.4. The molecule has 2 amide bonds. The van der Waals surface area contributed by atoms with Crippen LogP contribution in [0.3, 0.4) is 0 Å². The summed E-state index contributed by atoms with van der Waals surface area (Å²) in [5.41, 5.74) is 1.19. The number of carbonyl (C=O) groups excluding carboxylic acids is 1. The van der Waals surface area contributed by atoms with Crippen LogP contribution in [-0.4, -0.2) is 26.6 Å². The minimum Gasteiger partial charge on any atom is -0.337 e. The van der Waals surface area contributed by atoms with Crippen molar-refractivity contribution in [3.05, 3.63) is 78.7 Å². The van der Waals surface area contributed by atoms with Gasteiger partial charge in [-0.1, -0.05) is 71.9 Å². The molecule has 0 aliphatic rings. The fourth-order valence-electron chi connectivity index (χ4n) is 3.29. The maximum atomic E-state index is 13.2. The second kappa shape index (κ2) is 7.99. The number of rotatable bonds is 4. The number of urea groups is 1. The summed E-state index contributed by atoms with van der Waals surface area (Å²) in [4.78, 5) is 19.4. The highest BCUT2D eigenvalue weighted by Crippen LogP contribution is 2.25. The maximum absolute atomic E-state index is 13.2. The van der Waals surface area contributed by atoms with Gasteiger partial charge in [-0.3, -0.25) is 0 Å². The van der Waals surface area contributed by atoms with Gasteiger partial charge in [0, 0.05) is 16.5 Å². The molecule has 0 aliphatic heterocycles. The van der Waals surface area contributed by atoms with Crippen molar-refractivity contribution >= 4 is 22.5 Å². The van der Waals surface area contributed by atoms with E-state index >= 15 is 0 Å². The zero-order valence-corrected chi connectivity index (χ0v) is 17.3. The van der Waals surface area contributed by atoms with Gasteiger partial charge in [-0.2, -0.15) is 4.98 Å². The van der Waals surface area contributed by atoms with Gasteiger partial charge in [-0.05, 0) is 32.2 Å². The van der Waals surface area contributed by atoms with Crippen LogP contribution in [0.4, 0.5) is 10.5 Å². The summed E-state index contributed by atoms with van der Waals surface area (Å²) in [5.74, 6) is 0.894. The SMILES string of the molecule is CC(C)(C)N(Cc1nc(-c2ccccc2)no1)C(=O)Nc1cccc2ccccc12. The molecule has 0 atom stereocenters. The van der Waals surface area contributed by atoms with Gasteiger partial charge in [-0.25, -0.2) is 4.79 Å². The lowest BCUT2D eigenvalue weighted by Gasteiger charge is -2.34. The number of aromatic nitrogens is 2. The Labute approximate surface area is 175 Å². The Morgan fingerprint density at radius 3 is 2.43 bits per heavy atom. The number of hydrogen-bond donors (Lipinski definition) is 1. The molecule has 6 heteroatoms. The van der Waals surface area contributed by atoms with Crippen molar-refractivity contribution in [3.63, 3.8) is 0 Å². The van der Waals surface area contributed by atoms with Crippen LogP contribution in [0, 0.1) is 0 Å². The molecule has 0 saturated heterocycles. The second-order valence-corrected chi connectivity index (χ2v) is 8.09. The highest BCUT2D eigenvalue weighted by Gasteiger charge is 2.29. The molecule has 0 spiro atoms. The summed E-state index contributed by atoms with van der Waals surface area (Å²) in [6.45, 7) is 6.14. The number of nitrogens with zero attached hydrogens (tertiary/aromatic N) is 3. The zero-order valence-electron chi connectivity index (χ0n) is 17.3. The van der Waals surface area contributed by atoms with E-state index in [0.29, 0.717) is 11.7 Å². The average molecular weight is 400 g/mol. The molecule has 4 rings (SSSR count). The van der Waals surface area contributed by atoms with Crippen LogP contribution in [0.25, 0.3) is 22.2 Å². The number of amides is 2. The number of benzene rings is 3. The molecule has 1 aromatic heterocycles. The molecule has 0 unspecified atom stereocenters. The van der Waals surface area contributed by atoms with E-state index < -0.39 is 5.54 Å². The van der Waals surface area contributed by atoms with Crippen molar-refractivity contribution in [3.8, 4) is 11.4 Å². The monoisotopic (exact) mass is 400 g/mol.